The van der Waals surface area contributed by atoms with E-state index in [0.717, 1.165) is 11.4 Å². The Morgan fingerprint density at radius 3 is 1.47 bits per heavy atom. The number of hydrogen-bond acceptors (Lipinski definition) is 8. The van der Waals surface area contributed by atoms with E-state index in [-0.39, 0.29) is 24.6 Å². The maximum absolute atomic E-state index is 9.76. The topological polar surface area (TPSA) is 59.9 Å². The third-order valence-corrected chi connectivity index (χ3v) is 8.96. The average molecular weight is 773 g/mol. The first-order valence-corrected chi connectivity index (χ1v) is 16.0. The molecule has 2 aromatic carbocycles. The zero-order valence-electron chi connectivity index (χ0n) is 29.0. The van der Waals surface area contributed by atoms with Crippen molar-refractivity contribution >= 4 is 40.6 Å². The Morgan fingerprint density at radius 1 is 0.698 bits per heavy atom. The number of rotatable bonds is 8. The molecule has 2 aromatic rings. The van der Waals surface area contributed by atoms with Crippen LogP contribution in [-0.2, 0) is 19.4 Å². The van der Waals surface area contributed by atoms with Gasteiger partial charge in [0.1, 0.15) is 0 Å². The maximum atomic E-state index is 9.76. The van der Waals surface area contributed by atoms with Crippen LogP contribution in [-0.4, -0.2) is 106 Å². The van der Waals surface area contributed by atoms with E-state index in [1.165, 1.54) is 15.5 Å². The van der Waals surface area contributed by atoms with Gasteiger partial charge in [-0.15, -0.1) is 0 Å². The summed E-state index contributed by atoms with van der Waals surface area (Å²) in [6.07, 6.45) is -0.434. The molecule has 0 bridgehead atoms. The van der Waals surface area contributed by atoms with Crippen LogP contribution in [0.3, 0.4) is 0 Å². The van der Waals surface area contributed by atoms with Crippen LogP contribution >= 0.6 is 0 Å². The molecule has 1 saturated heterocycles. The van der Waals surface area contributed by atoms with Gasteiger partial charge in [-0.2, -0.15) is 0 Å². The first-order valence-electron chi connectivity index (χ1n) is 14.9. The molecule has 2 unspecified atom stereocenters. The Labute approximate surface area is 274 Å². The second-order valence-electron chi connectivity index (χ2n) is 14.5. The van der Waals surface area contributed by atoms with Crippen molar-refractivity contribution in [2.45, 2.75) is 60.2 Å². The summed E-state index contributed by atoms with van der Waals surface area (Å²) in [4.78, 5) is 13.6. The average Bonchev–Trinajstić information content (AvgIpc) is 3.21. The van der Waals surface area contributed by atoms with Crippen LogP contribution in [0.5, 0.6) is 0 Å². The molecular weight excluding hydrogens is 717 g/mol. The molecule has 0 saturated carbocycles. The number of anilines is 4. The third kappa shape index (κ3) is 9.58. The summed E-state index contributed by atoms with van der Waals surface area (Å²) in [5, 5.41) is 19.5. The van der Waals surface area contributed by atoms with Gasteiger partial charge >= 0.3 is 194 Å². The van der Waals surface area contributed by atoms with Crippen molar-refractivity contribution in [3.05, 3.63) is 48.5 Å². The Hall–Kier alpha value is -1.83. The van der Waals surface area contributed by atoms with Crippen LogP contribution in [0.25, 0.3) is 0 Å². The normalized spacial score (nSPS) is 15.7. The minimum atomic E-state index is -0.443. The number of benzene rings is 2. The number of nitrogens with zero attached hydrogens (tertiary/aromatic N) is 6. The summed E-state index contributed by atoms with van der Waals surface area (Å²) in [6, 6.07) is 18.7. The van der Waals surface area contributed by atoms with Crippen molar-refractivity contribution in [3.63, 3.8) is 0 Å². The molecule has 0 spiro atoms. The number of aliphatic hydroxyl groups is 2. The van der Waals surface area contributed by atoms with Gasteiger partial charge < -0.3 is 10.2 Å². The Morgan fingerprint density at radius 2 is 1.12 bits per heavy atom. The molecule has 11 heteroatoms. The molecule has 2 N–H and O–H groups in total. The van der Waals surface area contributed by atoms with Crippen molar-refractivity contribution in [2.75, 3.05) is 75.8 Å². The summed E-state index contributed by atoms with van der Waals surface area (Å²) < 4.78 is 1.17. The molecule has 1 aliphatic heterocycles. The van der Waals surface area contributed by atoms with E-state index in [1.807, 2.05) is 41.5 Å². The van der Waals surface area contributed by atoms with Crippen molar-refractivity contribution in [2.24, 2.45) is 10.8 Å². The molecule has 0 amide bonds. The van der Waals surface area contributed by atoms with E-state index >= 15 is 0 Å². The van der Waals surface area contributed by atoms with E-state index in [9.17, 15) is 10.2 Å². The summed E-state index contributed by atoms with van der Waals surface area (Å²) in [5.74, 6) is 0. The quantitative estimate of drug-likeness (QED) is 0.310. The first kappa shape index (κ1) is 37.4. The van der Waals surface area contributed by atoms with Crippen LogP contribution < -0.4 is 19.4 Å². The SMILES string of the molecule is CC(C)(C)C(O)CC(O)C(C)(C)C.CN(C)B1B(N(C)C)N(c2ccc(N(C)C)cc2)[C](=[Pt])N1c1[c-]cc(N(C)C)cc1. The molecule has 1 fully saturated rings. The van der Waals surface area contributed by atoms with E-state index in [1.54, 1.807) is 0 Å². The van der Waals surface area contributed by atoms with Crippen LogP contribution in [0, 0.1) is 16.9 Å². The van der Waals surface area contributed by atoms with E-state index < -0.39 is 12.2 Å². The van der Waals surface area contributed by atoms with Gasteiger partial charge in [0.25, 0.3) is 0 Å². The second kappa shape index (κ2) is 15.0. The molecule has 8 nitrogen and oxygen atoms in total. The molecule has 0 radical (unpaired) electrons. The molecule has 242 valence electrons. The van der Waals surface area contributed by atoms with Gasteiger partial charge in [-0.05, 0) is 10.8 Å². The predicted octanol–water partition coefficient (Wildman–Crippen LogP) is 3.95. The van der Waals surface area contributed by atoms with Gasteiger partial charge in [-0.25, -0.2) is 0 Å². The fourth-order valence-electron chi connectivity index (χ4n) is 4.73. The van der Waals surface area contributed by atoms with Gasteiger partial charge in [0, 0.05) is 6.42 Å². The van der Waals surface area contributed by atoms with Crippen molar-refractivity contribution < 1.29 is 29.6 Å². The molecule has 0 aromatic heterocycles. The van der Waals surface area contributed by atoms with Gasteiger partial charge in [0.2, 0.25) is 0 Å². The van der Waals surface area contributed by atoms with Gasteiger partial charge in [-0.3, -0.25) is 0 Å². The second-order valence-corrected chi connectivity index (χ2v) is 15.5. The Bertz CT molecular complexity index is 1070. The van der Waals surface area contributed by atoms with Crippen LogP contribution in [0.2, 0.25) is 0 Å². The van der Waals surface area contributed by atoms with Crippen LogP contribution in [0.15, 0.2) is 42.5 Å². The minimum absolute atomic E-state index is 0.141. The molecule has 1 heterocycles. The monoisotopic (exact) mass is 772 g/mol. The molecule has 2 atom stereocenters. The van der Waals surface area contributed by atoms with Crippen LogP contribution in [0.4, 0.5) is 22.7 Å². The fraction of sp³-hybridized carbons (Fsp3) is 0.594. The predicted molar refractivity (Wildman–Crippen MR) is 185 cm³/mol. The van der Waals surface area contributed by atoms with Crippen molar-refractivity contribution in [1.29, 1.82) is 0 Å². The standard InChI is InChI=1S/C21H31B2N6.C11H24O2.Pt/c1-24(2)18-9-13-20(14-10-18)28-17-29(23(27(7)8)22(28)26(5)6)21-15-11-19(12-16-21)25(3)4;1-10(2,3)8(12)7-9(13)11(4,5)6;/h9-15H,1-8H3;8-9,12-13H,7H2,1-6H3;/q-1;;. The Balaban J connectivity index is 0.000000420. The zero-order chi connectivity index (χ0) is 33.0. The summed E-state index contributed by atoms with van der Waals surface area (Å²) in [7, 11) is 16.8. The molecule has 43 heavy (non-hydrogen) atoms. The zero-order valence-corrected chi connectivity index (χ0v) is 31.2. The van der Waals surface area contributed by atoms with E-state index in [4.69, 9.17) is 0 Å². The van der Waals surface area contributed by atoms with Crippen molar-refractivity contribution in [1.82, 2.24) is 9.62 Å². The van der Waals surface area contributed by atoms with Gasteiger partial charge in [-0.1, -0.05) is 41.5 Å². The van der Waals surface area contributed by atoms with Gasteiger partial charge in [0.05, 0.1) is 12.2 Å². The van der Waals surface area contributed by atoms with Crippen LogP contribution in [0.1, 0.15) is 48.0 Å². The number of hydrogen-bond donors (Lipinski definition) is 2. The summed E-state index contributed by atoms with van der Waals surface area (Å²) in [5.41, 5.74) is 4.31. The van der Waals surface area contributed by atoms with Crippen molar-refractivity contribution in [3.8, 4) is 0 Å². The summed E-state index contributed by atoms with van der Waals surface area (Å²) >= 11 is 2.46. The van der Waals surface area contributed by atoms with Gasteiger partial charge in [0.15, 0.2) is 0 Å². The van der Waals surface area contributed by atoms with E-state index in [2.05, 4.69) is 153 Å². The summed E-state index contributed by atoms with van der Waals surface area (Å²) in [6.45, 7) is 12.2. The van der Waals surface area contributed by atoms with E-state index in [0.29, 0.717) is 6.42 Å². The third-order valence-electron chi connectivity index (χ3n) is 7.87. The first-order chi connectivity index (χ1) is 19.7. The Kier molecular flexibility index (Phi) is 13.0. The molecule has 0 aliphatic carbocycles. The molecule has 1 aliphatic rings. The molecule has 3 rings (SSSR count). The molecular formula is C32H55B2N6O2Pt-. The fourth-order valence-corrected chi connectivity index (χ4v) is 5.90. The number of aliphatic hydroxyl groups excluding tert-OH is 2.